The van der Waals surface area contributed by atoms with Gasteiger partial charge in [0.05, 0.1) is 0 Å². The summed E-state index contributed by atoms with van der Waals surface area (Å²) >= 11 is 3.79. The smallest absolute Gasteiger partial charge is 0.0299 e. The quantitative estimate of drug-likeness (QED) is 0.701. The van der Waals surface area contributed by atoms with Crippen molar-refractivity contribution in [1.82, 2.24) is 4.90 Å². The van der Waals surface area contributed by atoms with Gasteiger partial charge in [0, 0.05) is 16.9 Å². The Hall–Kier alpha value is 0.440. The lowest BCUT2D eigenvalue weighted by Crippen LogP contribution is -2.50. The van der Waals surface area contributed by atoms with Crippen molar-refractivity contribution in [3.63, 3.8) is 0 Å². The number of hydrogen-bond donors (Lipinski definition) is 0. The third-order valence-electron chi connectivity index (χ3n) is 3.93. The SMILES string of the molecule is CCC(C)C(C)N1CCCC(Br)C1C. The third kappa shape index (κ3) is 2.73. The van der Waals surface area contributed by atoms with E-state index in [0.717, 1.165) is 12.0 Å². The fraction of sp³-hybridized carbons (Fsp3) is 1.00. The number of alkyl halides is 1. The van der Waals surface area contributed by atoms with E-state index in [9.17, 15) is 0 Å². The summed E-state index contributed by atoms with van der Waals surface area (Å²) in [7, 11) is 0. The highest BCUT2D eigenvalue weighted by Crippen LogP contribution is 2.28. The Balaban J connectivity index is 2.57. The molecular weight excluding hydrogens is 238 g/mol. The van der Waals surface area contributed by atoms with E-state index in [1.54, 1.807) is 0 Å². The van der Waals surface area contributed by atoms with Gasteiger partial charge >= 0.3 is 0 Å². The largest absolute Gasteiger partial charge is 0.297 e. The van der Waals surface area contributed by atoms with E-state index in [1.165, 1.54) is 25.8 Å². The lowest BCUT2D eigenvalue weighted by atomic mass is 9.94. The van der Waals surface area contributed by atoms with Crippen molar-refractivity contribution in [2.75, 3.05) is 6.54 Å². The zero-order valence-electron chi connectivity index (χ0n) is 9.96. The molecule has 1 aliphatic rings. The molecule has 0 amide bonds. The van der Waals surface area contributed by atoms with Crippen molar-refractivity contribution in [3.05, 3.63) is 0 Å². The van der Waals surface area contributed by atoms with Crippen LogP contribution in [0.5, 0.6) is 0 Å². The highest BCUT2D eigenvalue weighted by molar-refractivity contribution is 9.09. The summed E-state index contributed by atoms with van der Waals surface area (Å²) in [5.74, 6) is 0.815. The molecule has 4 unspecified atom stereocenters. The molecule has 1 fully saturated rings. The number of likely N-dealkylation sites (tertiary alicyclic amines) is 1. The topological polar surface area (TPSA) is 3.24 Å². The summed E-state index contributed by atoms with van der Waals surface area (Å²) in [5.41, 5.74) is 0. The summed E-state index contributed by atoms with van der Waals surface area (Å²) < 4.78 is 0. The van der Waals surface area contributed by atoms with Crippen LogP contribution in [0.1, 0.15) is 47.0 Å². The Morgan fingerprint density at radius 2 is 2.07 bits per heavy atom. The number of hydrogen-bond acceptors (Lipinski definition) is 1. The van der Waals surface area contributed by atoms with Crippen LogP contribution in [-0.4, -0.2) is 28.4 Å². The Labute approximate surface area is 97.4 Å². The molecule has 0 aromatic rings. The standard InChI is InChI=1S/C12H24BrN/c1-5-9(2)10(3)14-8-6-7-12(13)11(14)4/h9-12H,5-8H2,1-4H3. The van der Waals surface area contributed by atoms with Crippen molar-refractivity contribution >= 4 is 15.9 Å². The minimum atomic E-state index is 0.697. The zero-order chi connectivity index (χ0) is 10.7. The molecule has 84 valence electrons. The van der Waals surface area contributed by atoms with Gasteiger partial charge in [0.15, 0.2) is 0 Å². The molecule has 1 aliphatic heterocycles. The summed E-state index contributed by atoms with van der Waals surface area (Å²) in [6.45, 7) is 10.7. The predicted molar refractivity (Wildman–Crippen MR) is 67.0 cm³/mol. The van der Waals surface area contributed by atoms with Crippen LogP contribution >= 0.6 is 15.9 Å². The average molecular weight is 262 g/mol. The maximum Gasteiger partial charge on any atom is 0.0299 e. The van der Waals surface area contributed by atoms with Gasteiger partial charge in [-0.05, 0) is 39.2 Å². The molecule has 0 aromatic carbocycles. The molecule has 1 nitrogen and oxygen atoms in total. The van der Waals surface area contributed by atoms with Crippen LogP contribution < -0.4 is 0 Å². The molecule has 1 rings (SSSR count). The number of nitrogens with zero attached hydrogens (tertiary/aromatic N) is 1. The number of piperidine rings is 1. The van der Waals surface area contributed by atoms with Crippen LogP contribution in [0, 0.1) is 5.92 Å². The Morgan fingerprint density at radius 1 is 1.43 bits per heavy atom. The van der Waals surface area contributed by atoms with Crippen LogP contribution in [0.15, 0.2) is 0 Å². The molecule has 0 radical (unpaired) electrons. The molecular formula is C12H24BrN. The first kappa shape index (κ1) is 12.5. The van der Waals surface area contributed by atoms with Crippen molar-refractivity contribution in [2.45, 2.75) is 63.9 Å². The summed E-state index contributed by atoms with van der Waals surface area (Å²) in [6.07, 6.45) is 3.98. The van der Waals surface area contributed by atoms with Crippen LogP contribution in [-0.2, 0) is 0 Å². The molecule has 0 bridgehead atoms. The maximum atomic E-state index is 3.79. The Bertz CT molecular complexity index is 172. The molecule has 0 aliphatic carbocycles. The van der Waals surface area contributed by atoms with E-state index >= 15 is 0 Å². The molecule has 0 N–H and O–H groups in total. The third-order valence-corrected chi connectivity index (χ3v) is 5.16. The van der Waals surface area contributed by atoms with Crippen LogP contribution in [0.3, 0.4) is 0 Å². The van der Waals surface area contributed by atoms with Gasteiger partial charge in [0.2, 0.25) is 0 Å². The second-order valence-corrected chi connectivity index (χ2v) is 5.94. The predicted octanol–water partition coefficient (Wildman–Crippen LogP) is 3.67. The van der Waals surface area contributed by atoms with E-state index in [4.69, 9.17) is 0 Å². The highest BCUT2D eigenvalue weighted by atomic mass is 79.9. The minimum Gasteiger partial charge on any atom is -0.297 e. The first-order valence-corrected chi connectivity index (χ1v) is 6.89. The van der Waals surface area contributed by atoms with Gasteiger partial charge in [-0.15, -0.1) is 0 Å². The highest BCUT2D eigenvalue weighted by Gasteiger charge is 2.30. The lowest BCUT2D eigenvalue weighted by Gasteiger charge is -2.43. The molecule has 1 heterocycles. The van der Waals surface area contributed by atoms with Gasteiger partial charge < -0.3 is 0 Å². The zero-order valence-corrected chi connectivity index (χ0v) is 11.5. The maximum absolute atomic E-state index is 3.79. The Kier molecular flexibility index (Phi) is 4.92. The first-order valence-electron chi connectivity index (χ1n) is 5.97. The molecule has 0 aromatic heterocycles. The monoisotopic (exact) mass is 261 g/mol. The molecule has 0 saturated carbocycles. The fourth-order valence-electron chi connectivity index (χ4n) is 2.36. The second kappa shape index (κ2) is 5.50. The summed E-state index contributed by atoms with van der Waals surface area (Å²) in [6, 6.07) is 1.43. The van der Waals surface area contributed by atoms with Crippen LogP contribution in [0.2, 0.25) is 0 Å². The van der Waals surface area contributed by atoms with Gasteiger partial charge in [-0.3, -0.25) is 4.90 Å². The lowest BCUT2D eigenvalue weighted by molar-refractivity contribution is 0.0883. The summed E-state index contributed by atoms with van der Waals surface area (Å²) in [4.78, 5) is 3.37. The van der Waals surface area contributed by atoms with Crippen molar-refractivity contribution in [1.29, 1.82) is 0 Å². The van der Waals surface area contributed by atoms with Crippen LogP contribution in [0.4, 0.5) is 0 Å². The van der Waals surface area contributed by atoms with Gasteiger partial charge in [0.1, 0.15) is 0 Å². The molecule has 0 spiro atoms. The van der Waals surface area contributed by atoms with Crippen molar-refractivity contribution < 1.29 is 0 Å². The normalized spacial score (nSPS) is 34.1. The van der Waals surface area contributed by atoms with Gasteiger partial charge in [-0.25, -0.2) is 0 Å². The van der Waals surface area contributed by atoms with E-state index < -0.39 is 0 Å². The Morgan fingerprint density at radius 3 is 2.64 bits per heavy atom. The molecule has 14 heavy (non-hydrogen) atoms. The van der Waals surface area contributed by atoms with E-state index in [0.29, 0.717) is 10.9 Å². The van der Waals surface area contributed by atoms with E-state index in [1.807, 2.05) is 0 Å². The van der Waals surface area contributed by atoms with Crippen molar-refractivity contribution in [3.8, 4) is 0 Å². The van der Waals surface area contributed by atoms with Crippen molar-refractivity contribution in [2.24, 2.45) is 5.92 Å². The number of rotatable bonds is 3. The minimum absolute atomic E-state index is 0.697. The first-order chi connectivity index (χ1) is 6.57. The molecule has 4 atom stereocenters. The van der Waals surface area contributed by atoms with Gasteiger partial charge in [-0.2, -0.15) is 0 Å². The van der Waals surface area contributed by atoms with E-state index in [2.05, 4.69) is 48.5 Å². The fourth-order valence-corrected chi connectivity index (χ4v) is 2.99. The molecule has 2 heteroatoms. The van der Waals surface area contributed by atoms with E-state index in [-0.39, 0.29) is 0 Å². The average Bonchev–Trinajstić information content (AvgIpc) is 2.20. The van der Waals surface area contributed by atoms with Gasteiger partial charge in [-0.1, -0.05) is 36.2 Å². The number of halogens is 1. The van der Waals surface area contributed by atoms with Gasteiger partial charge in [0.25, 0.3) is 0 Å². The summed E-state index contributed by atoms with van der Waals surface area (Å²) in [5, 5.41) is 0. The second-order valence-electron chi connectivity index (χ2n) is 4.76. The van der Waals surface area contributed by atoms with Crippen LogP contribution in [0.25, 0.3) is 0 Å². The molecule has 1 saturated heterocycles.